The van der Waals surface area contributed by atoms with E-state index in [1.54, 1.807) is 0 Å². The number of sulfonamides is 1. The van der Waals surface area contributed by atoms with Crippen LogP contribution in [0.1, 0.15) is 0 Å². The van der Waals surface area contributed by atoms with E-state index in [0.717, 1.165) is 16.4 Å². The van der Waals surface area contributed by atoms with Gasteiger partial charge in [0.15, 0.2) is 0 Å². The Labute approximate surface area is 118 Å². The third kappa shape index (κ3) is 3.13. The van der Waals surface area contributed by atoms with E-state index in [2.05, 4.69) is 15.9 Å². The number of hydrogen-bond acceptors (Lipinski definition) is 3. The zero-order chi connectivity index (χ0) is 14.0. The molecule has 0 saturated carbocycles. The highest BCUT2D eigenvalue weighted by Gasteiger charge is 2.32. The van der Waals surface area contributed by atoms with Crippen molar-refractivity contribution in [1.82, 2.24) is 4.31 Å². The first-order valence-corrected chi connectivity index (χ1v) is 8.14. The lowest BCUT2D eigenvalue weighted by molar-refractivity contribution is 0.0136. The van der Waals surface area contributed by atoms with Crippen molar-refractivity contribution < 1.29 is 21.9 Å². The van der Waals surface area contributed by atoms with Gasteiger partial charge >= 0.3 is 0 Å². The molecule has 0 spiro atoms. The summed E-state index contributed by atoms with van der Waals surface area (Å²) < 4.78 is 57.7. The second kappa shape index (κ2) is 5.82. The molecule has 0 radical (unpaired) electrons. The van der Waals surface area contributed by atoms with E-state index in [0.29, 0.717) is 11.4 Å². The molecule has 1 atom stereocenters. The van der Waals surface area contributed by atoms with Crippen molar-refractivity contribution in [3.8, 4) is 0 Å². The van der Waals surface area contributed by atoms with Gasteiger partial charge in [-0.25, -0.2) is 17.2 Å². The SMILES string of the molecule is O=S(=O)(c1cc(F)ccc1F)N1CCOC(CBr)C1. The second-order valence-corrected chi connectivity index (χ2v) is 6.64. The number of ether oxygens (including phenoxy) is 1. The fourth-order valence-electron chi connectivity index (χ4n) is 1.82. The zero-order valence-corrected chi connectivity index (χ0v) is 12.3. The Bertz CT molecular complexity index is 567. The van der Waals surface area contributed by atoms with Crippen LogP contribution in [0.25, 0.3) is 0 Å². The molecule has 1 aliphatic rings. The standard InChI is InChI=1S/C11H12BrF2NO3S/c12-6-9-7-15(3-4-18-9)19(16,17)11-5-8(13)1-2-10(11)14/h1-2,5,9H,3-4,6-7H2. The van der Waals surface area contributed by atoms with Gasteiger partial charge < -0.3 is 4.74 Å². The molecule has 106 valence electrons. The maximum atomic E-state index is 13.6. The minimum absolute atomic E-state index is 0.115. The summed E-state index contributed by atoms with van der Waals surface area (Å²) in [5, 5.41) is 0.477. The van der Waals surface area contributed by atoms with Gasteiger partial charge in [0.25, 0.3) is 0 Å². The fraction of sp³-hybridized carbons (Fsp3) is 0.455. The van der Waals surface area contributed by atoms with Crippen molar-refractivity contribution >= 4 is 26.0 Å². The molecular formula is C11H12BrF2NO3S. The Morgan fingerprint density at radius 2 is 2.16 bits per heavy atom. The van der Waals surface area contributed by atoms with E-state index in [1.165, 1.54) is 0 Å². The van der Waals surface area contributed by atoms with Gasteiger partial charge in [0, 0.05) is 18.4 Å². The van der Waals surface area contributed by atoms with Gasteiger partial charge in [-0.3, -0.25) is 0 Å². The van der Waals surface area contributed by atoms with Gasteiger partial charge in [0.2, 0.25) is 10.0 Å². The van der Waals surface area contributed by atoms with Crippen LogP contribution in [0.4, 0.5) is 8.78 Å². The third-order valence-corrected chi connectivity index (χ3v) is 5.39. The van der Waals surface area contributed by atoms with Crippen LogP contribution in [-0.2, 0) is 14.8 Å². The summed E-state index contributed by atoms with van der Waals surface area (Å²) in [5.41, 5.74) is 0. The van der Waals surface area contributed by atoms with Crippen LogP contribution >= 0.6 is 15.9 Å². The van der Waals surface area contributed by atoms with Gasteiger partial charge in [-0.05, 0) is 18.2 Å². The van der Waals surface area contributed by atoms with Crippen LogP contribution < -0.4 is 0 Å². The Morgan fingerprint density at radius 3 is 2.84 bits per heavy atom. The maximum Gasteiger partial charge on any atom is 0.246 e. The van der Waals surface area contributed by atoms with Crippen LogP contribution in [-0.4, -0.2) is 43.9 Å². The lowest BCUT2D eigenvalue weighted by Gasteiger charge is -2.31. The molecule has 1 aromatic rings. The van der Waals surface area contributed by atoms with Crippen molar-refractivity contribution in [1.29, 1.82) is 0 Å². The predicted molar refractivity (Wildman–Crippen MR) is 68.7 cm³/mol. The number of halogens is 3. The molecule has 0 bridgehead atoms. The van der Waals surface area contributed by atoms with Crippen LogP contribution in [0.3, 0.4) is 0 Å². The first kappa shape index (κ1) is 14.8. The monoisotopic (exact) mass is 355 g/mol. The molecule has 1 fully saturated rings. The minimum Gasteiger partial charge on any atom is -0.375 e. The Hall–Kier alpha value is -0.570. The molecule has 1 aromatic carbocycles. The largest absolute Gasteiger partial charge is 0.375 e. The maximum absolute atomic E-state index is 13.6. The van der Waals surface area contributed by atoms with E-state index in [4.69, 9.17) is 4.74 Å². The average Bonchev–Trinajstić information content (AvgIpc) is 2.41. The van der Waals surface area contributed by atoms with Gasteiger partial charge in [0.05, 0.1) is 12.7 Å². The van der Waals surface area contributed by atoms with Gasteiger partial charge in [-0.15, -0.1) is 0 Å². The number of benzene rings is 1. The highest BCUT2D eigenvalue weighted by molar-refractivity contribution is 9.09. The summed E-state index contributed by atoms with van der Waals surface area (Å²) in [6.45, 7) is 0.470. The van der Waals surface area contributed by atoms with Crippen molar-refractivity contribution in [3.63, 3.8) is 0 Å². The molecule has 0 N–H and O–H groups in total. The van der Waals surface area contributed by atoms with Crippen LogP contribution in [0.2, 0.25) is 0 Å². The first-order chi connectivity index (χ1) is 8.95. The van der Waals surface area contributed by atoms with Crippen molar-refractivity contribution in [2.75, 3.05) is 25.0 Å². The minimum atomic E-state index is -4.04. The topological polar surface area (TPSA) is 46.6 Å². The molecule has 0 aromatic heterocycles. The smallest absolute Gasteiger partial charge is 0.246 e. The van der Waals surface area contributed by atoms with Gasteiger partial charge in [0.1, 0.15) is 16.5 Å². The number of alkyl halides is 1. The molecule has 8 heteroatoms. The number of nitrogens with zero attached hydrogens (tertiary/aromatic N) is 1. The molecular weight excluding hydrogens is 344 g/mol. The Morgan fingerprint density at radius 1 is 1.42 bits per heavy atom. The number of morpholine rings is 1. The normalized spacial score (nSPS) is 21.5. The third-order valence-electron chi connectivity index (χ3n) is 2.78. The van der Waals surface area contributed by atoms with E-state index < -0.39 is 26.6 Å². The summed E-state index contributed by atoms with van der Waals surface area (Å²) in [5.74, 6) is -1.74. The summed E-state index contributed by atoms with van der Waals surface area (Å²) >= 11 is 3.21. The van der Waals surface area contributed by atoms with E-state index in [1.807, 2.05) is 0 Å². The lowest BCUT2D eigenvalue weighted by atomic mass is 10.3. The van der Waals surface area contributed by atoms with Gasteiger partial charge in [-0.2, -0.15) is 4.31 Å². The summed E-state index contributed by atoms with van der Waals surface area (Å²) in [4.78, 5) is -0.636. The summed E-state index contributed by atoms with van der Waals surface area (Å²) in [7, 11) is -4.04. The van der Waals surface area contributed by atoms with Crippen molar-refractivity contribution in [3.05, 3.63) is 29.8 Å². The van der Waals surface area contributed by atoms with E-state index in [-0.39, 0.29) is 25.8 Å². The number of rotatable bonds is 3. The summed E-state index contributed by atoms with van der Waals surface area (Å²) in [6, 6.07) is 2.39. The molecule has 1 heterocycles. The zero-order valence-electron chi connectivity index (χ0n) is 9.85. The van der Waals surface area contributed by atoms with Crippen LogP contribution in [0, 0.1) is 11.6 Å². The van der Waals surface area contributed by atoms with E-state index in [9.17, 15) is 17.2 Å². The fourth-order valence-corrected chi connectivity index (χ4v) is 3.74. The molecule has 0 aliphatic carbocycles. The highest BCUT2D eigenvalue weighted by Crippen LogP contribution is 2.22. The molecule has 0 amide bonds. The lowest BCUT2D eigenvalue weighted by Crippen LogP contribution is -2.46. The Balaban J connectivity index is 2.34. The van der Waals surface area contributed by atoms with Gasteiger partial charge in [-0.1, -0.05) is 15.9 Å². The Kier molecular flexibility index (Phi) is 4.54. The quantitative estimate of drug-likeness (QED) is 0.776. The molecule has 1 aliphatic heterocycles. The predicted octanol–water partition coefficient (Wildman–Crippen LogP) is 1.75. The summed E-state index contributed by atoms with van der Waals surface area (Å²) in [6.07, 6.45) is -0.292. The molecule has 2 rings (SSSR count). The number of hydrogen-bond donors (Lipinski definition) is 0. The van der Waals surface area contributed by atoms with Crippen LogP contribution in [0.15, 0.2) is 23.1 Å². The average molecular weight is 356 g/mol. The van der Waals surface area contributed by atoms with Crippen LogP contribution in [0.5, 0.6) is 0 Å². The molecule has 4 nitrogen and oxygen atoms in total. The van der Waals surface area contributed by atoms with Crippen molar-refractivity contribution in [2.24, 2.45) is 0 Å². The first-order valence-electron chi connectivity index (χ1n) is 5.58. The second-order valence-electron chi connectivity index (χ2n) is 4.08. The highest BCUT2D eigenvalue weighted by atomic mass is 79.9. The molecule has 1 unspecified atom stereocenters. The van der Waals surface area contributed by atoms with Crippen molar-refractivity contribution in [2.45, 2.75) is 11.0 Å². The van der Waals surface area contributed by atoms with E-state index >= 15 is 0 Å². The molecule has 1 saturated heterocycles. The molecule has 19 heavy (non-hydrogen) atoms.